The molecule has 0 radical (unpaired) electrons. The van der Waals surface area contributed by atoms with Gasteiger partial charge in [0.25, 0.3) is 5.91 Å². The number of aromatic carboxylic acids is 1. The van der Waals surface area contributed by atoms with Crippen LogP contribution in [0.3, 0.4) is 0 Å². The number of amides is 1. The summed E-state index contributed by atoms with van der Waals surface area (Å²) in [6, 6.07) is 18.5. The van der Waals surface area contributed by atoms with E-state index in [0.29, 0.717) is 35.5 Å². The standard InChI is InChI=1S/C31H31N3O4/c1-3-4-5-8-15-32-30(35)21-11-13-27-26(17-21)33-19-34(27)20(2)29-24-10-7-6-9-23(24)18-38-28-14-12-22(31(36)37)16-25(28)29/h6-7,9-14,16-17,19H,3-5,8,15,18H2,1-2H3,(H,32,35)(H,36,37)/b29-20-. The minimum Gasteiger partial charge on any atom is -0.488 e. The average Bonchev–Trinajstić information content (AvgIpc) is 3.28. The number of hydrogen-bond donors (Lipinski definition) is 2. The summed E-state index contributed by atoms with van der Waals surface area (Å²) in [6.07, 6.45) is 6.16. The van der Waals surface area contributed by atoms with Gasteiger partial charge >= 0.3 is 5.97 Å². The number of allylic oxidation sites excluding steroid dienone is 1. The van der Waals surface area contributed by atoms with Gasteiger partial charge < -0.3 is 19.7 Å². The monoisotopic (exact) mass is 509 g/mol. The molecule has 194 valence electrons. The van der Waals surface area contributed by atoms with Crippen molar-refractivity contribution in [1.29, 1.82) is 0 Å². The summed E-state index contributed by atoms with van der Waals surface area (Å²) in [6.45, 7) is 5.20. The highest BCUT2D eigenvalue weighted by atomic mass is 16.5. The number of carbonyl (C=O) groups excluding carboxylic acids is 1. The van der Waals surface area contributed by atoms with E-state index in [4.69, 9.17) is 4.74 Å². The molecule has 3 aromatic carbocycles. The van der Waals surface area contributed by atoms with Crippen molar-refractivity contribution in [2.75, 3.05) is 6.54 Å². The first-order valence-corrected chi connectivity index (χ1v) is 13.0. The van der Waals surface area contributed by atoms with Gasteiger partial charge in [-0.05, 0) is 60.9 Å². The molecule has 38 heavy (non-hydrogen) atoms. The Kier molecular flexibility index (Phi) is 7.26. The van der Waals surface area contributed by atoms with Crippen LogP contribution in [-0.2, 0) is 6.61 Å². The second-order valence-corrected chi connectivity index (χ2v) is 9.56. The second kappa shape index (κ2) is 10.9. The highest BCUT2D eigenvalue weighted by Gasteiger charge is 2.24. The number of fused-ring (bicyclic) bond motifs is 3. The van der Waals surface area contributed by atoms with E-state index in [9.17, 15) is 14.7 Å². The number of carboxylic acid groups (broad SMARTS) is 1. The number of ether oxygens (including phenoxy) is 1. The number of imidazole rings is 1. The Hall–Kier alpha value is -4.39. The number of carboxylic acids is 1. The van der Waals surface area contributed by atoms with Crippen LogP contribution in [0.25, 0.3) is 22.3 Å². The largest absolute Gasteiger partial charge is 0.488 e. The van der Waals surface area contributed by atoms with Gasteiger partial charge in [-0.25, -0.2) is 9.78 Å². The number of nitrogens with zero attached hydrogens (tertiary/aromatic N) is 2. The minimum absolute atomic E-state index is 0.0991. The Bertz CT molecular complexity index is 1550. The molecular formula is C31H31N3O4. The second-order valence-electron chi connectivity index (χ2n) is 9.56. The fourth-order valence-corrected chi connectivity index (χ4v) is 4.96. The number of rotatable bonds is 8. The van der Waals surface area contributed by atoms with E-state index in [-0.39, 0.29) is 11.5 Å². The van der Waals surface area contributed by atoms with E-state index in [2.05, 4.69) is 17.2 Å². The van der Waals surface area contributed by atoms with Crippen molar-refractivity contribution in [2.45, 2.75) is 46.1 Å². The Balaban J connectivity index is 1.56. The molecule has 0 fully saturated rings. The summed E-state index contributed by atoms with van der Waals surface area (Å²) in [5.74, 6) is -0.465. The first kappa shape index (κ1) is 25.3. The van der Waals surface area contributed by atoms with Gasteiger partial charge in [0.15, 0.2) is 0 Å². The first-order chi connectivity index (χ1) is 18.5. The fourth-order valence-electron chi connectivity index (χ4n) is 4.96. The molecule has 0 bridgehead atoms. The van der Waals surface area contributed by atoms with E-state index >= 15 is 0 Å². The topological polar surface area (TPSA) is 93.5 Å². The summed E-state index contributed by atoms with van der Waals surface area (Å²) in [7, 11) is 0. The first-order valence-electron chi connectivity index (χ1n) is 13.0. The Morgan fingerprint density at radius 1 is 1.00 bits per heavy atom. The zero-order chi connectivity index (χ0) is 26.6. The molecule has 1 aliphatic heterocycles. The van der Waals surface area contributed by atoms with E-state index < -0.39 is 5.97 Å². The van der Waals surface area contributed by atoms with E-state index in [1.54, 1.807) is 24.5 Å². The third-order valence-electron chi connectivity index (χ3n) is 7.01. The number of unbranched alkanes of at least 4 members (excludes halogenated alkanes) is 3. The molecule has 7 nitrogen and oxygen atoms in total. The van der Waals surface area contributed by atoms with Crippen LogP contribution >= 0.6 is 0 Å². The molecule has 0 saturated carbocycles. The Morgan fingerprint density at radius 2 is 1.82 bits per heavy atom. The molecular weight excluding hydrogens is 478 g/mol. The van der Waals surface area contributed by atoms with Crippen molar-refractivity contribution in [3.05, 3.63) is 94.8 Å². The van der Waals surface area contributed by atoms with Gasteiger partial charge in [0.1, 0.15) is 18.7 Å². The van der Waals surface area contributed by atoms with Crippen molar-refractivity contribution in [2.24, 2.45) is 0 Å². The lowest BCUT2D eigenvalue weighted by Gasteiger charge is -2.16. The maximum atomic E-state index is 12.7. The van der Waals surface area contributed by atoms with E-state index in [1.807, 2.05) is 54.0 Å². The number of benzene rings is 3. The van der Waals surface area contributed by atoms with Crippen LogP contribution in [0.5, 0.6) is 5.75 Å². The molecule has 2 N–H and O–H groups in total. The van der Waals surface area contributed by atoms with Crippen LogP contribution in [0.2, 0.25) is 0 Å². The van der Waals surface area contributed by atoms with Crippen molar-refractivity contribution in [3.8, 4) is 5.75 Å². The maximum absolute atomic E-state index is 12.7. The van der Waals surface area contributed by atoms with Crippen LogP contribution in [0.4, 0.5) is 0 Å². The number of nitrogens with one attached hydrogen (secondary N) is 1. The Morgan fingerprint density at radius 3 is 2.63 bits per heavy atom. The Labute approximate surface area is 221 Å². The van der Waals surface area contributed by atoms with Crippen molar-refractivity contribution >= 4 is 34.2 Å². The molecule has 0 atom stereocenters. The molecule has 1 amide bonds. The smallest absolute Gasteiger partial charge is 0.335 e. The van der Waals surface area contributed by atoms with Gasteiger partial charge in [-0.1, -0.05) is 50.5 Å². The zero-order valence-electron chi connectivity index (χ0n) is 21.7. The fraction of sp³-hybridized carbons (Fsp3) is 0.258. The predicted octanol–water partition coefficient (Wildman–Crippen LogP) is 6.37. The zero-order valence-corrected chi connectivity index (χ0v) is 21.7. The molecule has 4 aromatic rings. The van der Waals surface area contributed by atoms with Crippen molar-refractivity contribution < 1.29 is 19.4 Å². The predicted molar refractivity (Wildman–Crippen MR) is 148 cm³/mol. The third kappa shape index (κ3) is 4.92. The SMILES string of the molecule is CCCCCCNC(=O)c1ccc2c(c1)ncn2/C(C)=C1/c2ccccc2COc2ccc(C(=O)O)cc21. The van der Waals surface area contributed by atoms with E-state index in [1.165, 1.54) is 6.42 Å². The average molecular weight is 510 g/mol. The molecule has 0 saturated heterocycles. The van der Waals surface area contributed by atoms with Crippen molar-refractivity contribution in [1.82, 2.24) is 14.9 Å². The molecule has 0 unspecified atom stereocenters. The molecule has 5 rings (SSSR count). The third-order valence-corrected chi connectivity index (χ3v) is 7.01. The summed E-state index contributed by atoms with van der Waals surface area (Å²) >= 11 is 0. The van der Waals surface area contributed by atoms with Crippen LogP contribution in [0.1, 0.15) is 76.9 Å². The highest BCUT2D eigenvalue weighted by Crippen LogP contribution is 2.40. The molecule has 0 spiro atoms. The van der Waals surface area contributed by atoms with Gasteiger partial charge in [0.2, 0.25) is 0 Å². The quantitative estimate of drug-likeness (QED) is 0.269. The summed E-state index contributed by atoms with van der Waals surface area (Å²) in [5, 5.41) is 12.7. The normalized spacial score (nSPS) is 13.7. The van der Waals surface area contributed by atoms with E-state index in [0.717, 1.165) is 47.2 Å². The van der Waals surface area contributed by atoms with Gasteiger partial charge in [-0.3, -0.25) is 4.79 Å². The lowest BCUT2D eigenvalue weighted by Crippen LogP contribution is -2.24. The summed E-state index contributed by atoms with van der Waals surface area (Å²) < 4.78 is 8.08. The molecule has 1 aromatic heterocycles. The van der Waals surface area contributed by atoms with Gasteiger partial charge in [-0.15, -0.1) is 0 Å². The van der Waals surface area contributed by atoms with Crippen LogP contribution < -0.4 is 10.1 Å². The van der Waals surface area contributed by atoms with Gasteiger partial charge in [0.05, 0.1) is 16.6 Å². The van der Waals surface area contributed by atoms with Gasteiger partial charge in [-0.2, -0.15) is 0 Å². The van der Waals surface area contributed by atoms with Gasteiger partial charge in [0, 0.05) is 28.9 Å². The summed E-state index contributed by atoms with van der Waals surface area (Å²) in [4.78, 5) is 29.1. The molecule has 2 heterocycles. The number of aromatic nitrogens is 2. The van der Waals surface area contributed by atoms with Crippen LogP contribution in [-0.4, -0.2) is 33.1 Å². The molecule has 7 heteroatoms. The van der Waals surface area contributed by atoms with Crippen LogP contribution in [0.15, 0.2) is 67.0 Å². The molecule has 1 aliphatic rings. The minimum atomic E-state index is -0.994. The van der Waals surface area contributed by atoms with Crippen molar-refractivity contribution in [3.63, 3.8) is 0 Å². The maximum Gasteiger partial charge on any atom is 0.335 e. The summed E-state index contributed by atoms with van der Waals surface area (Å²) in [5.41, 5.74) is 6.80. The lowest BCUT2D eigenvalue weighted by molar-refractivity contribution is 0.0696. The number of carbonyl (C=O) groups is 2. The number of hydrogen-bond acceptors (Lipinski definition) is 4. The molecule has 0 aliphatic carbocycles. The highest BCUT2D eigenvalue weighted by molar-refractivity contribution is 6.01. The lowest BCUT2D eigenvalue weighted by atomic mass is 9.91. The van der Waals surface area contributed by atoms with Crippen LogP contribution in [0, 0.1) is 0 Å².